The summed E-state index contributed by atoms with van der Waals surface area (Å²) in [4.78, 5) is 25.1. The zero-order chi connectivity index (χ0) is 22.2. The zero-order valence-corrected chi connectivity index (χ0v) is 17.1. The molecule has 1 aromatic rings. The molecule has 0 saturated heterocycles. The number of carbonyl (C=O) groups is 2. The van der Waals surface area contributed by atoms with Crippen molar-refractivity contribution in [2.75, 3.05) is 31.7 Å². The van der Waals surface area contributed by atoms with Crippen molar-refractivity contribution in [3.05, 3.63) is 29.3 Å². The molecule has 3 unspecified atom stereocenters. The summed E-state index contributed by atoms with van der Waals surface area (Å²) in [5, 5.41) is 52.1. The fourth-order valence-electron chi connectivity index (χ4n) is 2.63. The smallest absolute Gasteiger partial charge is 0.251 e. The van der Waals surface area contributed by atoms with Crippen molar-refractivity contribution in [1.82, 2.24) is 5.32 Å². The third-order valence-electron chi connectivity index (χ3n) is 4.16. The van der Waals surface area contributed by atoms with Crippen LogP contribution in [0.3, 0.4) is 0 Å². The molecule has 0 saturated carbocycles. The van der Waals surface area contributed by atoms with Gasteiger partial charge < -0.3 is 36.2 Å². The van der Waals surface area contributed by atoms with Gasteiger partial charge in [-0.15, -0.1) is 0 Å². The molecule has 0 aliphatic heterocycles. The number of nitrogens with one attached hydrogen (secondary N) is 2. The van der Waals surface area contributed by atoms with Crippen molar-refractivity contribution >= 4 is 17.4 Å². The zero-order valence-electron chi connectivity index (χ0n) is 17.1. The molecule has 0 aliphatic carbocycles. The van der Waals surface area contributed by atoms with Crippen LogP contribution in [0.4, 0.5) is 5.69 Å². The Kier molecular flexibility index (Phi) is 9.67. The summed E-state index contributed by atoms with van der Waals surface area (Å²) in [5.74, 6) is -1.76. The van der Waals surface area contributed by atoms with Crippen molar-refractivity contribution in [2.24, 2.45) is 5.92 Å². The number of hydrogen-bond acceptors (Lipinski definition) is 8. The molecule has 7 N–H and O–H groups in total. The van der Waals surface area contributed by atoms with Crippen LogP contribution in [0.2, 0.25) is 0 Å². The van der Waals surface area contributed by atoms with Gasteiger partial charge in [-0.3, -0.25) is 9.59 Å². The summed E-state index contributed by atoms with van der Waals surface area (Å²) < 4.78 is 0. The maximum atomic E-state index is 12.7. The van der Waals surface area contributed by atoms with Gasteiger partial charge >= 0.3 is 0 Å². The Labute approximate surface area is 170 Å². The van der Waals surface area contributed by atoms with Crippen LogP contribution in [0.25, 0.3) is 0 Å². The van der Waals surface area contributed by atoms with Crippen molar-refractivity contribution in [3.8, 4) is 0 Å². The molecule has 1 rings (SSSR count). The summed E-state index contributed by atoms with van der Waals surface area (Å²) in [6.45, 7) is 4.05. The Morgan fingerprint density at radius 1 is 0.966 bits per heavy atom. The molecule has 0 aromatic heterocycles. The second kappa shape index (κ2) is 11.2. The third-order valence-corrected chi connectivity index (χ3v) is 4.16. The van der Waals surface area contributed by atoms with Gasteiger partial charge in [0.1, 0.15) is 0 Å². The maximum absolute atomic E-state index is 12.7. The lowest BCUT2D eigenvalue weighted by atomic mass is 9.93. The van der Waals surface area contributed by atoms with E-state index < -0.39 is 49.6 Å². The molecule has 1 aromatic carbocycles. The molecule has 0 aliphatic rings. The molecule has 0 bridgehead atoms. The van der Waals surface area contributed by atoms with E-state index in [2.05, 4.69) is 10.6 Å². The van der Waals surface area contributed by atoms with Crippen LogP contribution in [0.15, 0.2) is 18.2 Å². The number of ketones is 1. The molecule has 0 spiro atoms. The fraction of sp³-hybridized carbons (Fsp3) is 0.600. The van der Waals surface area contributed by atoms with Crippen LogP contribution >= 0.6 is 0 Å². The van der Waals surface area contributed by atoms with E-state index in [-0.39, 0.29) is 29.6 Å². The number of rotatable bonds is 11. The molecule has 9 heteroatoms. The Morgan fingerprint density at radius 2 is 1.59 bits per heavy atom. The van der Waals surface area contributed by atoms with E-state index in [0.29, 0.717) is 5.69 Å². The van der Waals surface area contributed by atoms with E-state index in [9.17, 15) is 24.9 Å². The second-order valence-electron chi connectivity index (χ2n) is 8.04. The predicted octanol–water partition coefficient (Wildman–Crippen LogP) is -0.485. The Bertz CT molecular complexity index is 688. The van der Waals surface area contributed by atoms with E-state index in [1.54, 1.807) is 12.1 Å². The van der Waals surface area contributed by atoms with Gasteiger partial charge in [-0.25, -0.2) is 0 Å². The van der Waals surface area contributed by atoms with E-state index in [1.165, 1.54) is 6.07 Å². The van der Waals surface area contributed by atoms with E-state index in [1.807, 2.05) is 20.8 Å². The second-order valence-corrected chi connectivity index (χ2v) is 8.04. The standard InChI is InChI=1S/C20H32N2O7/c1-20(2,3)22-15-5-12(17(27)7-14(9-23)18(28)11-25)4-13(6-15)19(29)21-8-16(26)10-24/h4-6,14,16,18,22-26,28H,7-11H2,1-3H3,(H,21,29). The molecule has 9 nitrogen and oxygen atoms in total. The van der Waals surface area contributed by atoms with Gasteiger partial charge in [-0.2, -0.15) is 0 Å². The summed E-state index contributed by atoms with van der Waals surface area (Å²) in [6, 6.07) is 4.53. The summed E-state index contributed by atoms with van der Waals surface area (Å²) in [5.41, 5.74) is 0.564. The molecule has 0 radical (unpaired) electrons. The highest BCUT2D eigenvalue weighted by Gasteiger charge is 2.23. The van der Waals surface area contributed by atoms with Crippen molar-refractivity contribution in [3.63, 3.8) is 0 Å². The van der Waals surface area contributed by atoms with Crippen LogP contribution in [0.1, 0.15) is 47.9 Å². The normalized spacial score (nSPS) is 14.8. The molecule has 164 valence electrons. The number of benzene rings is 1. The first-order chi connectivity index (χ1) is 13.5. The molecule has 0 heterocycles. The fourth-order valence-corrected chi connectivity index (χ4v) is 2.63. The minimum atomic E-state index is -1.23. The maximum Gasteiger partial charge on any atom is 0.251 e. The predicted molar refractivity (Wildman–Crippen MR) is 108 cm³/mol. The highest BCUT2D eigenvalue weighted by atomic mass is 16.3. The number of amides is 1. The van der Waals surface area contributed by atoms with Gasteiger partial charge in [0.2, 0.25) is 0 Å². The molecule has 29 heavy (non-hydrogen) atoms. The van der Waals surface area contributed by atoms with Crippen molar-refractivity contribution in [2.45, 2.75) is 44.9 Å². The van der Waals surface area contributed by atoms with E-state index >= 15 is 0 Å². The number of carbonyl (C=O) groups excluding carboxylic acids is 2. The van der Waals surface area contributed by atoms with Gasteiger partial charge in [0.25, 0.3) is 5.91 Å². The minimum absolute atomic E-state index is 0.148. The SMILES string of the molecule is CC(C)(C)Nc1cc(C(=O)CC(CO)C(O)CO)cc(C(=O)NCC(O)CO)c1. The summed E-state index contributed by atoms with van der Waals surface area (Å²) in [7, 11) is 0. The van der Waals surface area contributed by atoms with Crippen LogP contribution in [0, 0.1) is 5.92 Å². The van der Waals surface area contributed by atoms with Gasteiger partial charge in [-0.1, -0.05) is 0 Å². The van der Waals surface area contributed by atoms with Gasteiger partial charge in [-0.05, 0) is 39.0 Å². The first kappa shape index (κ1) is 25.0. The number of hydrogen-bond donors (Lipinski definition) is 7. The Balaban J connectivity index is 3.16. The van der Waals surface area contributed by atoms with Crippen LogP contribution in [-0.4, -0.2) is 81.3 Å². The lowest BCUT2D eigenvalue weighted by Crippen LogP contribution is -2.34. The van der Waals surface area contributed by atoms with Crippen molar-refractivity contribution < 1.29 is 35.1 Å². The highest BCUT2D eigenvalue weighted by molar-refractivity contribution is 6.02. The first-order valence-electron chi connectivity index (χ1n) is 9.44. The number of aliphatic hydroxyl groups excluding tert-OH is 5. The first-order valence-corrected chi connectivity index (χ1v) is 9.44. The number of anilines is 1. The average molecular weight is 412 g/mol. The molecular weight excluding hydrogens is 380 g/mol. The third kappa shape index (κ3) is 8.46. The van der Waals surface area contributed by atoms with Crippen LogP contribution in [-0.2, 0) is 0 Å². The summed E-state index contributed by atoms with van der Waals surface area (Å²) >= 11 is 0. The Morgan fingerprint density at radius 3 is 2.10 bits per heavy atom. The Hall–Kier alpha value is -2.04. The van der Waals surface area contributed by atoms with Crippen molar-refractivity contribution in [1.29, 1.82) is 0 Å². The van der Waals surface area contributed by atoms with Crippen LogP contribution in [0.5, 0.6) is 0 Å². The summed E-state index contributed by atoms with van der Waals surface area (Å²) in [6.07, 6.45) is -2.54. The highest BCUT2D eigenvalue weighted by Crippen LogP contribution is 2.22. The number of aliphatic hydroxyl groups is 5. The quantitative estimate of drug-likeness (QED) is 0.240. The topological polar surface area (TPSA) is 159 Å². The van der Waals surface area contributed by atoms with Gasteiger partial charge in [0.05, 0.1) is 25.4 Å². The monoisotopic (exact) mass is 412 g/mol. The molecule has 1 amide bonds. The molecule has 0 fully saturated rings. The number of Topliss-reactive ketones (excluding diaryl/α,β-unsaturated/α-hetero) is 1. The van der Waals surface area contributed by atoms with Gasteiger partial charge in [0, 0.05) is 47.8 Å². The lowest BCUT2D eigenvalue weighted by molar-refractivity contribution is 0.0195. The average Bonchev–Trinajstić information content (AvgIpc) is 2.67. The largest absolute Gasteiger partial charge is 0.396 e. The van der Waals surface area contributed by atoms with Gasteiger partial charge in [0.15, 0.2) is 5.78 Å². The van der Waals surface area contributed by atoms with E-state index in [4.69, 9.17) is 10.2 Å². The van der Waals surface area contributed by atoms with Crippen LogP contribution < -0.4 is 10.6 Å². The minimum Gasteiger partial charge on any atom is -0.396 e. The lowest BCUT2D eigenvalue weighted by Gasteiger charge is -2.23. The molecular formula is C20H32N2O7. The van der Waals surface area contributed by atoms with E-state index in [0.717, 1.165) is 0 Å². The molecule has 3 atom stereocenters.